The SMILES string of the molecule is CSC1CCC(C(=O)N(Cc2ccc(-c3ccc(N(C)C)cc3)cc2)c2cccc(C=CC(=O)O)c2)CC1. The van der Waals surface area contributed by atoms with Crippen molar-refractivity contribution in [1.82, 2.24) is 0 Å². The van der Waals surface area contributed by atoms with E-state index in [0.29, 0.717) is 11.8 Å². The second-order valence-corrected chi connectivity index (χ2v) is 11.2. The van der Waals surface area contributed by atoms with Crippen LogP contribution in [0.2, 0.25) is 0 Å². The smallest absolute Gasteiger partial charge is 0.328 e. The zero-order valence-corrected chi connectivity index (χ0v) is 23.2. The molecule has 1 N–H and O–H groups in total. The number of hydrogen-bond donors (Lipinski definition) is 1. The molecule has 1 aliphatic carbocycles. The van der Waals surface area contributed by atoms with Crippen LogP contribution in [0.5, 0.6) is 0 Å². The minimum absolute atomic E-state index is 0.00565. The van der Waals surface area contributed by atoms with E-state index in [-0.39, 0.29) is 11.8 Å². The minimum atomic E-state index is -0.995. The Kier molecular flexibility index (Phi) is 9.29. The van der Waals surface area contributed by atoms with Gasteiger partial charge in [-0.3, -0.25) is 4.79 Å². The molecular formula is C32H36N2O3S. The molecule has 0 bridgehead atoms. The zero-order chi connectivity index (χ0) is 27.1. The predicted octanol–water partition coefficient (Wildman–Crippen LogP) is 6.97. The monoisotopic (exact) mass is 528 g/mol. The molecule has 3 aromatic carbocycles. The Labute approximate surface area is 230 Å². The van der Waals surface area contributed by atoms with E-state index < -0.39 is 5.97 Å². The van der Waals surface area contributed by atoms with Crippen LogP contribution in [-0.2, 0) is 16.1 Å². The van der Waals surface area contributed by atoms with Crippen LogP contribution in [0.15, 0.2) is 78.9 Å². The molecule has 1 aliphatic rings. The lowest BCUT2D eigenvalue weighted by atomic mass is 9.87. The van der Waals surface area contributed by atoms with Crippen molar-refractivity contribution in [1.29, 1.82) is 0 Å². The van der Waals surface area contributed by atoms with Gasteiger partial charge < -0.3 is 14.9 Å². The molecule has 3 aromatic rings. The second kappa shape index (κ2) is 12.8. The molecule has 0 atom stereocenters. The molecule has 1 fully saturated rings. The van der Waals surface area contributed by atoms with Gasteiger partial charge in [0.15, 0.2) is 0 Å². The highest BCUT2D eigenvalue weighted by atomic mass is 32.2. The van der Waals surface area contributed by atoms with Gasteiger partial charge in [0.05, 0.1) is 6.54 Å². The van der Waals surface area contributed by atoms with Crippen LogP contribution < -0.4 is 9.80 Å². The van der Waals surface area contributed by atoms with Crippen molar-refractivity contribution < 1.29 is 14.7 Å². The fraction of sp³-hybridized carbons (Fsp3) is 0.312. The molecular weight excluding hydrogens is 492 g/mol. The van der Waals surface area contributed by atoms with Crippen LogP contribution in [0.1, 0.15) is 36.8 Å². The number of benzene rings is 3. The number of carboxylic acid groups (broad SMARTS) is 1. The number of carbonyl (C=O) groups is 2. The number of thioether (sulfide) groups is 1. The molecule has 0 radical (unpaired) electrons. The zero-order valence-electron chi connectivity index (χ0n) is 22.3. The van der Waals surface area contributed by atoms with E-state index in [1.54, 1.807) is 6.08 Å². The van der Waals surface area contributed by atoms with Crippen molar-refractivity contribution >= 4 is 41.1 Å². The van der Waals surface area contributed by atoms with Gasteiger partial charge in [-0.2, -0.15) is 11.8 Å². The molecule has 0 unspecified atom stereocenters. The van der Waals surface area contributed by atoms with Gasteiger partial charge in [0.2, 0.25) is 5.91 Å². The molecule has 1 amide bonds. The van der Waals surface area contributed by atoms with Crippen LogP contribution in [-0.4, -0.2) is 42.6 Å². The van der Waals surface area contributed by atoms with Gasteiger partial charge in [0.25, 0.3) is 0 Å². The van der Waals surface area contributed by atoms with Gasteiger partial charge in [-0.15, -0.1) is 0 Å². The average molecular weight is 529 g/mol. The molecule has 0 saturated heterocycles. The first-order chi connectivity index (χ1) is 18.3. The number of anilines is 2. The summed E-state index contributed by atoms with van der Waals surface area (Å²) in [5, 5.41) is 9.67. The summed E-state index contributed by atoms with van der Waals surface area (Å²) in [6, 6.07) is 24.4. The molecule has 38 heavy (non-hydrogen) atoms. The molecule has 6 heteroatoms. The van der Waals surface area contributed by atoms with Crippen LogP contribution >= 0.6 is 11.8 Å². The van der Waals surface area contributed by atoms with E-state index in [9.17, 15) is 9.59 Å². The van der Waals surface area contributed by atoms with E-state index >= 15 is 0 Å². The van der Waals surface area contributed by atoms with Crippen LogP contribution in [0.4, 0.5) is 11.4 Å². The highest BCUT2D eigenvalue weighted by Gasteiger charge is 2.30. The standard InChI is InChI=1S/C32H36N2O3S/c1-33(2)28-16-12-26(13-17-28)25-10-7-24(8-11-25)22-34(32(37)27-14-18-30(38-3)19-15-27)29-6-4-5-23(21-29)9-20-31(35)36/h4-13,16-17,20-21,27,30H,14-15,18-19,22H2,1-3H3,(H,35,36). The maximum atomic E-state index is 13.9. The Morgan fingerprint density at radius 3 is 2.11 bits per heavy atom. The molecule has 0 aliphatic heterocycles. The fourth-order valence-electron chi connectivity index (χ4n) is 4.96. The predicted molar refractivity (Wildman–Crippen MR) is 160 cm³/mol. The van der Waals surface area contributed by atoms with Crippen LogP contribution in [0, 0.1) is 5.92 Å². The maximum Gasteiger partial charge on any atom is 0.328 e. The van der Waals surface area contributed by atoms with E-state index in [1.807, 2.05) is 55.0 Å². The Bertz CT molecular complexity index is 1260. The number of amides is 1. The Morgan fingerprint density at radius 1 is 0.895 bits per heavy atom. The molecule has 1 saturated carbocycles. The molecule has 4 rings (SSSR count). The van der Waals surface area contributed by atoms with E-state index in [0.717, 1.165) is 65.4 Å². The van der Waals surface area contributed by atoms with Gasteiger partial charge in [-0.1, -0.05) is 48.5 Å². The summed E-state index contributed by atoms with van der Waals surface area (Å²) in [4.78, 5) is 28.8. The summed E-state index contributed by atoms with van der Waals surface area (Å²) < 4.78 is 0. The van der Waals surface area contributed by atoms with Crippen molar-refractivity contribution in [3.8, 4) is 11.1 Å². The van der Waals surface area contributed by atoms with Crippen LogP contribution in [0.25, 0.3) is 17.2 Å². The maximum absolute atomic E-state index is 13.9. The second-order valence-electron chi connectivity index (χ2n) is 10.0. The Morgan fingerprint density at radius 2 is 1.53 bits per heavy atom. The summed E-state index contributed by atoms with van der Waals surface area (Å²) in [6.45, 7) is 0.466. The largest absolute Gasteiger partial charge is 0.478 e. The number of nitrogens with zero attached hydrogens (tertiary/aromatic N) is 2. The Hall–Kier alpha value is -3.51. The molecule has 0 aromatic heterocycles. The molecule has 0 spiro atoms. The third-order valence-corrected chi connectivity index (χ3v) is 8.37. The highest BCUT2D eigenvalue weighted by Crippen LogP contribution is 2.34. The molecule has 5 nitrogen and oxygen atoms in total. The van der Waals surface area contributed by atoms with Crippen molar-refractivity contribution in [3.63, 3.8) is 0 Å². The third kappa shape index (κ3) is 7.07. The quantitative estimate of drug-likeness (QED) is 0.304. The summed E-state index contributed by atoms with van der Waals surface area (Å²) in [5.74, 6) is -0.844. The lowest BCUT2D eigenvalue weighted by molar-refractivity contribution is -0.131. The number of aliphatic carboxylic acids is 1. The molecule has 0 heterocycles. The van der Waals surface area contributed by atoms with Gasteiger partial charge >= 0.3 is 5.97 Å². The topological polar surface area (TPSA) is 60.9 Å². The van der Waals surface area contributed by atoms with Crippen molar-refractivity contribution in [2.24, 2.45) is 5.92 Å². The first kappa shape index (κ1) is 27.5. The number of carbonyl (C=O) groups excluding carboxylic acids is 1. The van der Waals surface area contributed by atoms with Crippen molar-refractivity contribution in [2.75, 3.05) is 30.2 Å². The van der Waals surface area contributed by atoms with Crippen LogP contribution in [0.3, 0.4) is 0 Å². The number of hydrogen-bond acceptors (Lipinski definition) is 4. The van der Waals surface area contributed by atoms with Gasteiger partial charge in [-0.05, 0) is 84.5 Å². The summed E-state index contributed by atoms with van der Waals surface area (Å²) >= 11 is 1.90. The van der Waals surface area contributed by atoms with E-state index in [1.165, 1.54) is 0 Å². The molecule has 198 valence electrons. The number of rotatable bonds is 9. The van der Waals surface area contributed by atoms with Crippen molar-refractivity contribution in [2.45, 2.75) is 37.5 Å². The number of carboxylic acids is 1. The highest BCUT2D eigenvalue weighted by molar-refractivity contribution is 7.99. The first-order valence-corrected chi connectivity index (χ1v) is 14.3. The van der Waals surface area contributed by atoms with Gasteiger partial charge in [0, 0.05) is 42.7 Å². The van der Waals surface area contributed by atoms with Gasteiger partial charge in [0.1, 0.15) is 0 Å². The summed E-state index contributed by atoms with van der Waals surface area (Å²) in [7, 11) is 4.06. The van der Waals surface area contributed by atoms with E-state index in [4.69, 9.17) is 5.11 Å². The summed E-state index contributed by atoms with van der Waals surface area (Å²) in [6.07, 6.45) is 8.77. The fourth-order valence-corrected chi connectivity index (χ4v) is 5.71. The lowest BCUT2D eigenvalue weighted by Gasteiger charge is -2.32. The Balaban J connectivity index is 1.58. The first-order valence-electron chi connectivity index (χ1n) is 13.1. The van der Waals surface area contributed by atoms with Crippen molar-refractivity contribution in [3.05, 3.63) is 90.0 Å². The minimum Gasteiger partial charge on any atom is -0.478 e. The van der Waals surface area contributed by atoms with Gasteiger partial charge in [-0.25, -0.2) is 4.79 Å². The average Bonchev–Trinajstić information content (AvgIpc) is 2.95. The third-order valence-electron chi connectivity index (χ3n) is 7.23. The van der Waals surface area contributed by atoms with E-state index in [2.05, 4.69) is 59.7 Å². The summed E-state index contributed by atoms with van der Waals surface area (Å²) in [5.41, 5.74) is 6.04. The lowest BCUT2D eigenvalue weighted by Crippen LogP contribution is -2.37. The normalized spacial score (nSPS) is 17.3.